The van der Waals surface area contributed by atoms with Gasteiger partial charge in [-0.25, -0.2) is 4.98 Å². The van der Waals surface area contributed by atoms with Crippen molar-refractivity contribution in [2.24, 2.45) is 0 Å². The lowest BCUT2D eigenvalue weighted by atomic mass is 10.1. The Hall–Kier alpha value is -3.82. The molecule has 2 heterocycles. The fourth-order valence-corrected chi connectivity index (χ4v) is 2.91. The van der Waals surface area contributed by atoms with E-state index in [-0.39, 0.29) is 17.1 Å². The van der Waals surface area contributed by atoms with Gasteiger partial charge in [-0.3, -0.25) is 4.79 Å². The van der Waals surface area contributed by atoms with Crippen LogP contribution in [0.1, 0.15) is 21.5 Å². The summed E-state index contributed by atoms with van der Waals surface area (Å²) in [7, 11) is 0. The number of hydrogen-bond donors (Lipinski definition) is 2. The van der Waals surface area contributed by atoms with Gasteiger partial charge in [0, 0.05) is 11.3 Å². The third-order valence-electron chi connectivity index (χ3n) is 4.54. The highest BCUT2D eigenvalue weighted by molar-refractivity contribution is 6.04. The van der Waals surface area contributed by atoms with Gasteiger partial charge in [-0.2, -0.15) is 18.2 Å². The van der Waals surface area contributed by atoms with E-state index in [1.165, 1.54) is 24.5 Å². The number of carbonyl (C=O) groups is 1. The van der Waals surface area contributed by atoms with Crippen molar-refractivity contribution in [2.75, 3.05) is 23.8 Å². The second-order valence-corrected chi connectivity index (χ2v) is 6.74. The number of halogens is 3. The maximum Gasteiger partial charge on any atom is 0.416 e. The van der Waals surface area contributed by atoms with Gasteiger partial charge in [-0.15, -0.1) is 0 Å². The van der Waals surface area contributed by atoms with Crippen LogP contribution in [-0.2, 0) is 6.18 Å². The molecule has 0 fully saturated rings. The van der Waals surface area contributed by atoms with Gasteiger partial charge in [0.25, 0.3) is 11.8 Å². The zero-order valence-electron chi connectivity index (χ0n) is 16.3. The van der Waals surface area contributed by atoms with Crippen LogP contribution in [0.2, 0.25) is 0 Å². The van der Waals surface area contributed by atoms with E-state index >= 15 is 0 Å². The van der Waals surface area contributed by atoms with Gasteiger partial charge in [-0.05, 0) is 48.9 Å². The monoisotopic (exact) mass is 430 g/mol. The van der Waals surface area contributed by atoms with E-state index in [0.29, 0.717) is 30.5 Å². The van der Waals surface area contributed by atoms with Gasteiger partial charge < -0.3 is 20.1 Å². The van der Waals surface area contributed by atoms with E-state index < -0.39 is 17.6 Å². The van der Waals surface area contributed by atoms with Crippen LogP contribution in [0.3, 0.4) is 0 Å². The standard InChI is InChI=1S/C21H17F3N4O3/c1-12-2-3-13(19(29)28-15-6-4-14(5-7-15)21(22,23)24)10-16(12)31-20-17-18(26-11-27-20)25-8-9-30-17/h2-7,10-11H,8-9H2,1H3,(H,28,29)(H,25,26,27). The Morgan fingerprint density at radius 3 is 2.68 bits per heavy atom. The van der Waals surface area contributed by atoms with Crippen molar-refractivity contribution < 1.29 is 27.4 Å². The first-order chi connectivity index (χ1) is 14.8. The van der Waals surface area contributed by atoms with E-state index in [0.717, 1.165) is 17.7 Å². The molecular weight excluding hydrogens is 413 g/mol. The van der Waals surface area contributed by atoms with Crippen molar-refractivity contribution in [1.29, 1.82) is 0 Å². The Morgan fingerprint density at radius 1 is 1.16 bits per heavy atom. The van der Waals surface area contributed by atoms with E-state index in [2.05, 4.69) is 20.6 Å². The summed E-state index contributed by atoms with van der Waals surface area (Å²) in [6, 6.07) is 9.03. The lowest BCUT2D eigenvalue weighted by molar-refractivity contribution is -0.137. The number of fused-ring (bicyclic) bond motifs is 1. The molecule has 0 unspecified atom stereocenters. The van der Waals surface area contributed by atoms with E-state index in [1.807, 2.05) is 0 Å². The predicted molar refractivity (Wildman–Crippen MR) is 107 cm³/mol. The average molecular weight is 430 g/mol. The number of amides is 1. The van der Waals surface area contributed by atoms with Crippen LogP contribution in [0.15, 0.2) is 48.8 Å². The van der Waals surface area contributed by atoms with Crippen molar-refractivity contribution in [3.05, 3.63) is 65.5 Å². The van der Waals surface area contributed by atoms with E-state index in [9.17, 15) is 18.0 Å². The molecule has 1 aliphatic rings. The Labute approximate surface area is 175 Å². The summed E-state index contributed by atoms with van der Waals surface area (Å²) in [6.07, 6.45) is -3.10. The maximum atomic E-state index is 12.7. The molecule has 2 aromatic carbocycles. The molecule has 3 aromatic rings. The van der Waals surface area contributed by atoms with Crippen LogP contribution in [-0.4, -0.2) is 29.0 Å². The SMILES string of the molecule is Cc1ccc(C(=O)Nc2ccc(C(F)(F)F)cc2)cc1Oc1ncnc2c1OCCN2. The number of rotatable bonds is 4. The van der Waals surface area contributed by atoms with Crippen LogP contribution in [0.4, 0.5) is 24.7 Å². The molecule has 0 saturated carbocycles. The summed E-state index contributed by atoms with van der Waals surface area (Å²) in [5.74, 6) is 1.00. The van der Waals surface area contributed by atoms with Crippen LogP contribution in [0.25, 0.3) is 0 Å². The summed E-state index contributed by atoms with van der Waals surface area (Å²) in [4.78, 5) is 20.8. The summed E-state index contributed by atoms with van der Waals surface area (Å²) in [6.45, 7) is 2.85. The van der Waals surface area contributed by atoms with E-state index in [4.69, 9.17) is 9.47 Å². The molecular formula is C21H17F3N4O3. The Bertz CT molecular complexity index is 1120. The topological polar surface area (TPSA) is 85.4 Å². The van der Waals surface area contributed by atoms with Gasteiger partial charge in [-0.1, -0.05) is 6.07 Å². The van der Waals surface area contributed by atoms with Crippen molar-refractivity contribution in [1.82, 2.24) is 9.97 Å². The summed E-state index contributed by atoms with van der Waals surface area (Å²) in [5, 5.41) is 5.66. The molecule has 0 saturated heterocycles. The Morgan fingerprint density at radius 2 is 1.94 bits per heavy atom. The molecule has 0 spiro atoms. The number of hydrogen-bond acceptors (Lipinski definition) is 6. The van der Waals surface area contributed by atoms with Crippen LogP contribution in [0, 0.1) is 6.92 Å². The molecule has 0 bridgehead atoms. The van der Waals surface area contributed by atoms with Gasteiger partial charge in [0.05, 0.1) is 12.1 Å². The predicted octanol–water partition coefficient (Wildman–Crippen LogP) is 4.65. The Balaban J connectivity index is 1.53. The number of nitrogens with zero attached hydrogens (tertiary/aromatic N) is 2. The molecule has 1 amide bonds. The molecule has 7 nitrogen and oxygen atoms in total. The van der Waals surface area contributed by atoms with Crippen molar-refractivity contribution in [3.63, 3.8) is 0 Å². The number of ether oxygens (including phenoxy) is 2. The molecule has 160 valence electrons. The number of benzene rings is 2. The highest BCUT2D eigenvalue weighted by Crippen LogP contribution is 2.37. The molecule has 0 radical (unpaired) electrons. The molecule has 0 aliphatic carbocycles. The van der Waals surface area contributed by atoms with Crippen molar-refractivity contribution >= 4 is 17.4 Å². The zero-order chi connectivity index (χ0) is 22.0. The van der Waals surface area contributed by atoms with Crippen molar-refractivity contribution in [2.45, 2.75) is 13.1 Å². The number of nitrogens with one attached hydrogen (secondary N) is 2. The number of anilines is 2. The van der Waals surface area contributed by atoms with Gasteiger partial charge in [0.2, 0.25) is 5.75 Å². The molecule has 1 aromatic heterocycles. The Kier molecular flexibility index (Phi) is 5.37. The highest BCUT2D eigenvalue weighted by Gasteiger charge is 2.30. The number of aryl methyl sites for hydroxylation is 1. The van der Waals surface area contributed by atoms with E-state index in [1.54, 1.807) is 19.1 Å². The number of alkyl halides is 3. The quantitative estimate of drug-likeness (QED) is 0.627. The van der Waals surface area contributed by atoms with Gasteiger partial charge >= 0.3 is 6.18 Å². The maximum absolute atomic E-state index is 12.7. The van der Waals surface area contributed by atoms with Crippen LogP contribution < -0.4 is 20.1 Å². The molecule has 31 heavy (non-hydrogen) atoms. The minimum Gasteiger partial charge on any atom is -0.483 e. The number of aromatic nitrogens is 2. The van der Waals surface area contributed by atoms with Gasteiger partial charge in [0.1, 0.15) is 18.7 Å². The van der Waals surface area contributed by atoms with Crippen LogP contribution in [0.5, 0.6) is 17.4 Å². The summed E-state index contributed by atoms with van der Waals surface area (Å²) in [5.41, 5.74) is 0.469. The average Bonchev–Trinajstić information content (AvgIpc) is 2.75. The minimum atomic E-state index is -4.44. The molecule has 4 rings (SSSR count). The fourth-order valence-electron chi connectivity index (χ4n) is 2.91. The first-order valence-corrected chi connectivity index (χ1v) is 9.30. The first kappa shape index (κ1) is 20.5. The molecule has 1 aliphatic heterocycles. The van der Waals surface area contributed by atoms with Crippen molar-refractivity contribution in [3.8, 4) is 17.4 Å². The van der Waals surface area contributed by atoms with Gasteiger partial charge in [0.15, 0.2) is 5.82 Å². The summed E-state index contributed by atoms with van der Waals surface area (Å²) < 4.78 is 49.5. The largest absolute Gasteiger partial charge is 0.483 e. The first-order valence-electron chi connectivity index (χ1n) is 9.30. The summed E-state index contributed by atoms with van der Waals surface area (Å²) >= 11 is 0. The molecule has 2 N–H and O–H groups in total. The fraction of sp³-hybridized carbons (Fsp3) is 0.190. The zero-order valence-corrected chi connectivity index (χ0v) is 16.3. The normalized spacial score (nSPS) is 12.9. The third-order valence-corrected chi connectivity index (χ3v) is 4.54. The number of carbonyl (C=O) groups excluding carboxylic acids is 1. The smallest absolute Gasteiger partial charge is 0.416 e. The highest BCUT2D eigenvalue weighted by atomic mass is 19.4. The third kappa shape index (κ3) is 4.52. The lowest BCUT2D eigenvalue weighted by Gasteiger charge is -2.20. The lowest BCUT2D eigenvalue weighted by Crippen LogP contribution is -2.19. The minimum absolute atomic E-state index is 0.209. The second kappa shape index (κ2) is 8.13. The second-order valence-electron chi connectivity index (χ2n) is 6.74. The van der Waals surface area contributed by atoms with Crippen LogP contribution >= 0.6 is 0 Å². The molecule has 0 atom stereocenters. The molecule has 10 heteroatoms.